The molecule has 1 unspecified atom stereocenters. The van der Waals surface area contributed by atoms with Crippen molar-refractivity contribution >= 4 is 27.6 Å². The largest absolute Gasteiger partial charge is 0.492 e. The first kappa shape index (κ1) is 17.9. The molecule has 0 aliphatic carbocycles. The molecular weight excluding hydrogens is 348 g/mol. The van der Waals surface area contributed by atoms with Crippen LogP contribution >= 0.6 is 11.5 Å². The molecule has 0 aliphatic rings. The molecule has 2 aromatic carbocycles. The molecule has 1 aromatic heterocycles. The van der Waals surface area contributed by atoms with Crippen molar-refractivity contribution in [1.29, 1.82) is 5.26 Å². The summed E-state index contributed by atoms with van der Waals surface area (Å²) in [5.74, 6) is 0.0508. The number of nitrogens with zero attached hydrogens (tertiary/aromatic N) is 2. The smallest absolute Gasteiger partial charge is 0.312 e. The minimum atomic E-state index is -0.360. The Hall–Kier alpha value is -2.91. The molecule has 0 saturated heterocycles. The van der Waals surface area contributed by atoms with Crippen molar-refractivity contribution in [2.75, 3.05) is 13.2 Å². The average molecular weight is 366 g/mol. The molecule has 5 nitrogen and oxygen atoms in total. The third kappa shape index (κ3) is 3.68. The molecule has 132 valence electrons. The fraction of sp³-hybridized carbons (Fsp3) is 0.250. The quantitative estimate of drug-likeness (QED) is 0.604. The van der Waals surface area contributed by atoms with Crippen LogP contribution in [0, 0.1) is 17.2 Å². The predicted molar refractivity (Wildman–Crippen MR) is 101 cm³/mol. The lowest BCUT2D eigenvalue weighted by molar-refractivity contribution is -0.148. The van der Waals surface area contributed by atoms with Crippen LogP contribution in [0.25, 0.3) is 21.2 Å². The van der Waals surface area contributed by atoms with Crippen LogP contribution in [0.4, 0.5) is 0 Å². The number of esters is 1. The van der Waals surface area contributed by atoms with Crippen molar-refractivity contribution in [2.45, 2.75) is 13.8 Å². The van der Waals surface area contributed by atoms with Gasteiger partial charge in [-0.25, -0.2) is 0 Å². The van der Waals surface area contributed by atoms with Crippen LogP contribution in [-0.2, 0) is 9.53 Å². The number of fused-ring (bicyclic) bond motifs is 1. The summed E-state index contributed by atoms with van der Waals surface area (Å²) in [5, 5.41) is 10.0. The first-order valence-electron chi connectivity index (χ1n) is 8.31. The van der Waals surface area contributed by atoms with Gasteiger partial charge in [0.25, 0.3) is 0 Å². The molecule has 3 rings (SSSR count). The molecule has 1 heterocycles. The summed E-state index contributed by atoms with van der Waals surface area (Å²) in [5.41, 5.74) is 2.46. The zero-order valence-electron chi connectivity index (χ0n) is 14.6. The normalized spacial score (nSPS) is 11.7. The Morgan fingerprint density at radius 3 is 2.73 bits per heavy atom. The molecule has 0 saturated carbocycles. The number of nitriles is 1. The summed E-state index contributed by atoms with van der Waals surface area (Å²) in [6.45, 7) is 4.15. The van der Waals surface area contributed by atoms with Crippen molar-refractivity contribution in [3.63, 3.8) is 0 Å². The van der Waals surface area contributed by atoms with Crippen molar-refractivity contribution in [3.8, 4) is 22.9 Å². The third-order valence-electron chi connectivity index (χ3n) is 3.97. The fourth-order valence-corrected chi connectivity index (χ4v) is 3.40. The summed E-state index contributed by atoms with van der Waals surface area (Å²) in [6, 6.07) is 13.3. The van der Waals surface area contributed by atoms with E-state index in [2.05, 4.69) is 10.4 Å². The Bertz CT molecular complexity index is 957. The van der Waals surface area contributed by atoms with Crippen LogP contribution in [0.15, 0.2) is 42.6 Å². The molecular formula is C20H18N2O3S. The second-order valence-electron chi connectivity index (χ2n) is 5.84. The van der Waals surface area contributed by atoms with Gasteiger partial charge < -0.3 is 9.47 Å². The van der Waals surface area contributed by atoms with Crippen LogP contribution in [0.1, 0.15) is 19.4 Å². The van der Waals surface area contributed by atoms with Crippen molar-refractivity contribution < 1.29 is 14.3 Å². The molecule has 0 amide bonds. The number of benzene rings is 2. The Morgan fingerprint density at radius 1 is 1.27 bits per heavy atom. The van der Waals surface area contributed by atoms with E-state index >= 15 is 0 Å². The number of hydrogen-bond acceptors (Lipinski definition) is 6. The van der Waals surface area contributed by atoms with Gasteiger partial charge in [-0.1, -0.05) is 12.1 Å². The lowest BCUT2D eigenvalue weighted by Crippen LogP contribution is -2.21. The van der Waals surface area contributed by atoms with E-state index in [1.54, 1.807) is 26.0 Å². The number of aromatic nitrogens is 1. The van der Waals surface area contributed by atoms with Crippen LogP contribution in [0.3, 0.4) is 0 Å². The SMILES string of the molecule is CCOC(=O)C(C)COc1ccc2cnsc2c1-c1ccc(C#N)cc1. The van der Waals surface area contributed by atoms with Crippen LogP contribution < -0.4 is 4.74 Å². The highest BCUT2D eigenvalue weighted by atomic mass is 32.1. The fourth-order valence-electron chi connectivity index (χ4n) is 2.59. The molecule has 26 heavy (non-hydrogen) atoms. The van der Waals surface area contributed by atoms with E-state index in [9.17, 15) is 4.79 Å². The van der Waals surface area contributed by atoms with E-state index in [4.69, 9.17) is 14.7 Å². The molecule has 0 radical (unpaired) electrons. The van der Waals surface area contributed by atoms with Gasteiger partial charge in [0.2, 0.25) is 0 Å². The standard InChI is InChI=1S/C20H18N2O3S/c1-3-24-20(23)13(2)12-25-17-9-8-16-11-22-26-19(16)18(17)15-6-4-14(10-21)5-7-15/h4-9,11,13H,3,12H2,1-2H3. The van der Waals surface area contributed by atoms with Gasteiger partial charge in [-0.15, -0.1) is 0 Å². The number of hydrogen-bond donors (Lipinski definition) is 0. The van der Waals surface area contributed by atoms with Crippen LogP contribution in [-0.4, -0.2) is 23.6 Å². The highest BCUT2D eigenvalue weighted by Gasteiger charge is 2.18. The Morgan fingerprint density at radius 2 is 2.04 bits per heavy atom. The highest BCUT2D eigenvalue weighted by molar-refractivity contribution is 7.14. The predicted octanol–water partition coefficient (Wildman–Crippen LogP) is 4.41. The minimum Gasteiger partial charge on any atom is -0.492 e. The van der Waals surface area contributed by atoms with Gasteiger partial charge in [-0.3, -0.25) is 4.79 Å². The molecule has 0 bridgehead atoms. The molecule has 3 aromatic rings. The van der Waals surface area contributed by atoms with Crippen molar-refractivity contribution in [2.24, 2.45) is 5.92 Å². The maximum Gasteiger partial charge on any atom is 0.312 e. The molecule has 6 heteroatoms. The van der Waals surface area contributed by atoms with Gasteiger partial charge in [0, 0.05) is 17.1 Å². The van der Waals surface area contributed by atoms with Crippen LogP contribution in [0.2, 0.25) is 0 Å². The Labute approximate surface area is 156 Å². The minimum absolute atomic E-state index is 0.229. The lowest BCUT2D eigenvalue weighted by Gasteiger charge is -2.15. The molecule has 0 aliphatic heterocycles. The molecule has 1 atom stereocenters. The number of ether oxygens (including phenoxy) is 2. The first-order chi connectivity index (χ1) is 12.6. The molecule has 0 fully saturated rings. The van der Waals surface area contributed by atoms with E-state index in [0.29, 0.717) is 17.9 Å². The Kier molecular flexibility index (Phi) is 5.49. The van der Waals surface area contributed by atoms with Gasteiger partial charge in [0.05, 0.1) is 28.9 Å². The molecule has 0 spiro atoms. The topological polar surface area (TPSA) is 72.2 Å². The third-order valence-corrected chi connectivity index (χ3v) is 4.80. The maximum atomic E-state index is 11.8. The van der Waals surface area contributed by atoms with Crippen LogP contribution in [0.5, 0.6) is 5.75 Å². The van der Waals surface area contributed by atoms with E-state index in [1.807, 2.05) is 30.5 Å². The second-order valence-corrected chi connectivity index (χ2v) is 6.64. The van der Waals surface area contributed by atoms with E-state index in [1.165, 1.54) is 11.5 Å². The Balaban J connectivity index is 1.95. The zero-order valence-corrected chi connectivity index (χ0v) is 15.4. The van der Waals surface area contributed by atoms with E-state index in [-0.39, 0.29) is 18.5 Å². The zero-order chi connectivity index (χ0) is 18.5. The monoisotopic (exact) mass is 366 g/mol. The van der Waals surface area contributed by atoms with Crippen molar-refractivity contribution in [1.82, 2.24) is 4.37 Å². The number of carbonyl (C=O) groups is 1. The van der Waals surface area contributed by atoms with Gasteiger partial charge >= 0.3 is 5.97 Å². The van der Waals surface area contributed by atoms with Gasteiger partial charge in [-0.2, -0.15) is 9.64 Å². The molecule has 0 N–H and O–H groups in total. The summed E-state index contributed by atoms with van der Waals surface area (Å²) in [4.78, 5) is 11.8. The lowest BCUT2D eigenvalue weighted by atomic mass is 10.0. The van der Waals surface area contributed by atoms with E-state index in [0.717, 1.165) is 21.2 Å². The maximum absolute atomic E-state index is 11.8. The first-order valence-corrected chi connectivity index (χ1v) is 9.08. The highest BCUT2D eigenvalue weighted by Crippen LogP contribution is 2.39. The number of carbonyl (C=O) groups excluding carboxylic acids is 1. The summed E-state index contributed by atoms with van der Waals surface area (Å²) < 4.78 is 16.3. The van der Waals surface area contributed by atoms with E-state index < -0.39 is 0 Å². The van der Waals surface area contributed by atoms with Gasteiger partial charge in [0.1, 0.15) is 12.4 Å². The summed E-state index contributed by atoms with van der Waals surface area (Å²) >= 11 is 1.39. The van der Waals surface area contributed by atoms with Gasteiger partial charge in [-0.05, 0) is 55.2 Å². The second kappa shape index (κ2) is 7.98. The number of rotatable bonds is 6. The average Bonchev–Trinajstić information content (AvgIpc) is 3.14. The van der Waals surface area contributed by atoms with Crippen molar-refractivity contribution in [3.05, 3.63) is 48.2 Å². The summed E-state index contributed by atoms with van der Waals surface area (Å²) in [6.07, 6.45) is 1.82. The summed E-state index contributed by atoms with van der Waals surface area (Å²) in [7, 11) is 0. The van der Waals surface area contributed by atoms with Gasteiger partial charge in [0.15, 0.2) is 0 Å².